The van der Waals surface area contributed by atoms with Crippen LogP contribution in [0.1, 0.15) is 27.6 Å². The number of nitrogens with one attached hydrogen (secondary N) is 3. The van der Waals surface area contributed by atoms with Crippen molar-refractivity contribution in [2.24, 2.45) is 5.84 Å². The van der Waals surface area contributed by atoms with Gasteiger partial charge in [-0.3, -0.25) is 15.0 Å². The summed E-state index contributed by atoms with van der Waals surface area (Å²) >= 11 is 0. The number of carbonyl (C=O) groups excluding carboxylic acids is 3. The molecule has 1 saturated heterocycles. The third-order valence-corrected chi connectivity index (χ3v) is 4.99. The molecule has 1 fully saturated rings. The lowest BCUT2D eigenvalue weighted by Gasteiger charge is -2.37. The topological polar surface area (TPSA) is 120 Å². The van der Waals surface area contributed by atoms with Crippen molar-refractivity contribution in [3.63, 3.8) is 0 Å². The van der Waals surface area contributed by atoms with Gasteiger partial charge >= 0.3 is 6.03 Å². The van der Waals surface area contributed by atoms with E-state index in [9.17, 15) is 18.8 Å². The van der Waals surface area contributed by atoms with Crippen LogP contribution in [0.2, 0.25) is 0 Å². The summed E-state index contributed by atoms with van der Waals surface area (Å²) in [5, 5.41) is 5.44. The molecule has 172 valence electrons. The molecule has 11 heteroatoms. The predicted octanol–water partition coefficient (Wildman–Crippen LogP) is 1.95. The van der Waals surface area contributed by atoms with Gasteiger partial charge in [0.05, 0.1) is 16.9 Å². The van der Waals surface area contributed by atoms with Crippen LogP contribution in [0.5, 0.6) is 0 Å². The van der Waals surface area contributed by atoms with Crippen molar-refractivity contribution in [3.8, 4) is 0 Å². The lowest BCUT2D eigenvalue weighted by atomic mass is 10.1. The molecular formula is C21H26ClFN6O3. The number of carbonyl (C=O) groups is 3. The average Bonchev–Trinajstić information content (AvgIpc) is 2.79. The smallest absolute Gasteiger partial charge is 0.319 e. The molecule has 0 bridgehead atoms. The normalized spacial score (nSPS) is 13.1. The van der Waals surface area contributed by atoms with Gasteiger partial charge in [0.25, 0.3) is 11.8 Å². The SMILES string of the molecule is CCNC(=O)Nc1ccc(C(=O)NN)cc1N1CCN(C(=O)c2ccccc2F)CC1.Cl. The van der Waals surface area contributed by atoms with E-state index in [0.29, 0.717) is 49.7 Å². The minimum absolute atomic E-state index is 0. The van der Waals surface area contributed by atoms with E-state index >= 15 is 0 Å². The summed E-state index contributed by atoms with van der Waals surface area (Å²) in [5.74, 6) is 3.87. The number of hydrogen-bond acceptors (Lipinski definition) is 5. The van der Waals surface area contributed by atoms with E-state index in [4.69, 9.17) is 5.84 Å². The third-order valence-electron chi connectivity index (χ3n) is 4.99. The van der Waals surface area contributed by atoms with Gasteiger partial charge in [0, 0.05) is 38.3 Å². The van der Waals surface area contributed by atoms with Crippen LogP contribution in [0.15, 0.2) is 42.5 Å². The average molecular weight is 465 g/mol. The number of rotatable bonds is 5. The summed E-state index contributed by atoms with van der Waals surface area (Å²) < 4.78 is 14.0. The second-order valence-electron chi connectivity index (χ2n) is 6.95. The van der Waals surface area contributed by atoms with E-state index in [1.165, 1.54) is 18.2 Å². The Hall–Kier alpha value is -3.37. The number of benzene rings is 2. The first-order chi connectivity index (χ1) is 14.9. The molecule has 5 N–H and O–H groups in total. The molecule has 0 atom stereocenters. The first kappa shape index (κ1) is 24.9. The molecule has 1 aliphatic rings. The summed E-state index contributed by atoms with van der Waals surface area (Å²) in [5.41, 5.74) is 3.62. The van der Waals surface area contributed by atoms with Crippen molar-refractivity contribution in [1.29, 1.82) is 0 Å². The van der Waals surface area contributed by atoms with Crippen molar-refractivity contribution in [2.45, 2.75) is 6.92 Å². The van der Waals surface area contributed by atoms with Crippen LogP contribution in [0.3, 0.4) is 0 Å². The number of urea groups is 1. The molecule has 0 aliphatic carbocycles. The molecule has 3 rings (SSSR count). The van der Waals surface area contributed by atoms with Crippen LogP contribution in [-0.4, -0.2) is 55.5 Å². The second-order valence-corrected chi connectivity index (χ2v) is 6.95. The van der Waals surface area contributed by atoms with Gasteiger partial charge in [-0.15, -0.1) is 12.4 Å². The van der Waals surface area contributed by atoms with Gasteiger partial charge in [0.1, 0.15) is 5.82 Å². The van der Waals surface area contributed by atoms with Crippen LogP contribution in [-0.2, 0) is 0 Å². The Morgan fingerprint density at radius 2 is 1.75 bits per heavy atom. The number of nitrogen functional groups attached to an aromatic ring is 1. The number of hydrazine groups is 1. The second kappa shape index (κ2) is 11.3. The maximum atomic E-state index is 14.0. The Kier molecular flexibility index (Phi) is 8.80. The molecule has 1 heterocycles. The summed E-state index contributed by atoms with van der Waals surface area (Å²) in [6.07, 6.45) is 0. The summed E-state index contributed by atoms with van der Waals surface area (Å²) in [6.45, 7) is 3.88. The number of hydrogen-bond donors (Lipinski definition) is 4. The highest BCUT2D eigenvalue weighted by Crippen LogP contribution is 2.29. The Labute approximate surface area is 191 Å². The molecule has 32 heavy (non-hydrogen) atoms. The molecule has 9 nitrogen and oxygen atoms in total. The van der Waals surface area contributed by atoms with Crippen molar-refractivity contribution in [3.05, 3.63) is 59.4 Å². The minimum atomic E-state index is -0.552. The largest absolute Gasteiger partial charge is 0.366 e. The van der Waals surface area contributed by atoms with E-state index in [0.717, 1.165) is 0 Å². The standard InChI is InChI=1S/C21H25FN6O3.ClH/c1-2-24-21(31)25-17-8-7-14(19(29)26-23)13-18(17)27-9-11-28(12-10-27)20(30)15-5-3-4-6-16(15)22;/h3-8,13H,2,9-12,23H2,1H3,(H,26,29)(H2,24,25,31);1H. The fraction of sp³-hybridized carbons (Fsp3) is 0.286. The number of nitrogens with two attached hydrogens (primary N) is 1. The zero-order valence-electron chi connectivity index (χ0n) is 17.6. The Morgan fingerprint density at radius 1 is 1.06 bits per heavy atom. The third kappa shape index (κ3) is 5.65. The Bertz CT molecular complexity index is 982. The van der Waals surface area contributed by atoms with Crippen molar-refractivity contribution in [2.75, 3.05) is 42.9 Å². The minimum Gasteiger partial charge on any atom is -0.366 e. The fourth-order valence-corrected chi connectivity index (χ4v) is 3.41. The number of anilines is 2. The van der Waals surface area contributed by atoms with E-state index in [-0.39, 0.29) is 29.9 Å². The maximum Gasteiger partial charge on any atom is 0.319 e. The van der Waals surface area contributed by atoms with Gasteiger partial charge in [-0.05, 0) is 37.3 Å². The van der Waals surface area contributed by atoms with E-state index in [1.54, 1.807) is 36.1 Å². The lowest BCUT2D eigenvalue weighted by molar-refractivity contribution is 0.0742. The van der Waals surface area contributed by atoms with E-state index in [2.05, 4.69) is 16.1 Å². The number of nitrogens with zero attached hydrogens (tertiary/aromatic N) is 2. The summed E-state index contributed by atoms with van der Waals surface area (Å²) in [7, 11) is 0. The first-order valence-corrected chi connectivity index (χ1v) is 9.93. The highest BCUT2D eigenvalue weighted by Gasteiger charge is 2.26. The van der Waals surface area contributed by atoms with E-state index < -0.39 is 11.7 Å². The number of piperazine rings is 1. The molecule has 2 aromatic rings. The number of amides is 4. The molecule has 0 unspecified atom stereocenters. The number of halogens is 2. The fourth-order valence-electron chi connectivity index (χ4n) is 3.41. The summed E-state index contributed by atoms with van der Waals surface area (Å²) in [6, 6.07) is 10.4. The van der Waals surface area contributed by atoms with Crippen LogP contribution < -0.4 is 26.8 Å². The summed E-state index contributed by atoms with van der Waals surface area (Å²) in [4.78, 5) is 40.2. The first-order valence-electron chi connectivity index (χ1n) is 9.93. The maximum absolute atomic E-state index is 14.0. The van der Waals surface area contributed by atoms with Crippen molar-refractivity contribution >= 4 is 41.6 Å². The zero-order valence-corrected chi connectivity index (χ0v) is 18.4. The van der Waals surface area contributed by atoms with E-state index in [1.807, 2.05) is 4.90 Å². The predicted molar refractivity (Wildman–Crippen MR) is 123 cm³/mol. The molecule has 2 aromatic carbocycles. The van der Waals surface area contributed by atoms with Crippen molar-refractivity contribution < 1.29 is 18.8 Å². The van der Waals surface area contributed by atoms with Crippen LogP contribution >= 0.6 is 12.4 Å². The molecule has 0 spiro atoms. The highest BCUT2D eigenvalue weighted by molar-refractivity contribution is 5.99. The van der Waals surface area contributed by atoms with Crippen LogP contribution in [0, 0.1) is 5.82 Å². The van der Waals surface area contributed by atoms with Crippen LogP contribution in [0.25, 0.3) is 0 Å². The molecule has 1 aliphatic heterocycles. The van der Waals surface area contributed by atoms with Crippen molar-refractivity contribution in [1.82, 2.24) is 15.6 Å². The molecule has 0 radical (unpaired) electrons. The Balaban J connectivity index is 0.00000363. The molecular weight excluding hydrogens is 439 g/mol. The quantitative estimate of drug-likeness (QED) is 0.306. The van der Waals surface area contributed by atoms with Gasteiger partial charge in [0.2, 0.25) is 0 Å². The van der Waals surface area contributed by atoms with Gasteiger partial charge < -0.3 is 20.4 Å². The van der Waals surface area contributed by atoms with Gasteiger partial charge in [-0.25, -0.2) is 15.0 Å². The zero-order chi connectivity index (χ0) is 22.4. The molecule has 0 aromatic heterocycles. The highest BCUT2D eigenvalue weighted by atomic mass is 35.5. The van der Waals surface area contributed by atoms with Gasteiger partial charge in [0.15, 0.2) is 0 Å². The van der Waals surface area contributed by atoms with Gasteiger partial charge in [-0.2, -0.15) is 0 Å². The molecule has 4 amide bonds. The monoisotopic (exact) mass is 464 g/mol. The van der Waals surface area contributed by atoms with Gasteiger partial charge in [-0.1, -0.05) is 12.1 Å². The van der Waals surface area contributed by atoms with Crippen LogP contribution in [0.4, 0.5) is 20.6 Å². The Morgan fingerprint density at radius 3 is 2.38 bits per heavy atom. The lowest BCUT2D eigenvalue weighted by Crippen LogP contribution is -2.49. The molecule has 0 saturated carbocycles.